The lowest BCUT2D eigenvalue weighted by atomic mass is 9.94. The van der Waals surface area contributed by atoms with Crippen LogP contribution >= 0.6 is 11.6 Å². The number of halogens is 1. The zero-order chi connectivity index (χ0) is 20.4. The molecule has 3 aromatic rings. The predicted molar refractivity (Wildman–Crippen MR) is 113 cm³/mol. The summed E-state index contributed by atoms with van der Waals surface area (Å²) in [5, 5.41) is 12.0. The highest BCUT2D eigenvalue weighted by Crippen LogP contribution is 2.37. The topological polar surface area (TPSA) is 72.2 Å². The Labute approximate surface area is 174 Å². The number of hydrogen-bond acceptors (Lipinski definition) is 4. The number of aryl methyl sites for hydroxylation is 1. The first-order valence-electron chi connectivity index (χ1n) is 9.87. The van der Waals surface area contributed by atoms with Crippen LogP contribution in [-0.4, -0.2) is 26.0 Å². The van der Waals surface area contributed by atoms with Crippen LogP contribution in [0.25, 0.3) is 10.9 Å². The average molecular weight is 411 g/mol. The summed E-state index contributed by atoms with van der Waals surface area (Å²) < 4.78 is 1.44. The third-order valence-electron chi connectivity index (χ3n) is 5.79. The van der Waals surface area contributed by atoms with E-state index >= 15 is 0 Å². The van der Waals surface area contributed by atoms with Gasteiger partial charge in [-0.1, -0.05) is 41.9 Å². The highest BCUT2D eigenvalue weighted by Gasteiger charge is 2.40. The molecule has 2 unspecified atom stereocenters. The molecular weight excluding hydrogens is 388 g/mol. The van der Waals surface area contributed by atoms with E-state index < -0.39 is 5.60 Å². The molecule has 0 saturated heterocycles. The Kier molecular flexibility index (Phi) is 5.52. The van der Waals surface area contributed by atoms with Crippen molar-refractivity contribution in [2.75, 3.05) is 0 Å². The summed E-state index contributed by atoms with van der Waals surface area (Å²) >= 11 is 5.96. The number of carbonyl (C=O) groups excluding carboxylic acids is 1. The maximum Gasteiger partial charge on any atom is 0.261 e. The lowest BCUT2D eigenvalue weighted by Crippen LogP contribution is -2.36. The van der Waals surface area contributed by atoms with Crippen molar-refractivity contribution < 1.29 is 9.90 Å². The Morgan fingerprint density at radius 2 is 2.03 bits per heavy atom. The smallest absolute Gasteiger partial charge is 0.261 e. The van der Waals surface area contributed by atoms with Crippen LogP contribution in [-0.2, 0) is 17.8 Å². The van der Waals surface area contributed by atoms with Crippen molar-refractivity contribution in [1.82, 2.24) is 9.55 Å². The number of ketones is 1. The zero-order valence-corrected chi connectivity index (χ0v) is 16.8. The van der Waals surface area contributed by atoms with E-state index in [4.69, 9.17) is 11.6 Å². The number of benzene rings is 2. The molecule has 29 heavy (non-hydrogen) atoms. The summed E-state index contributed by atoms with van der Waals surface area (Å²) in [5.41, 5.74) is 0.395. The summed E-state index contributed by atoms with van der Waals surface area (Å²) in [6.07, 6.45) is 4.17. The lowest BCUT2D eigenvalue weighted by Gasteiger charge is -2.23. The Hall–Kier alpha value is -2.50. The van der Waals surface area contributed by atoms with E-state index in [1.165, 1.54) is 10.9 Å². The molecule has 1 N–H and O–H groups in total. The van der Waals surface area contributed by atoms with E-state index in [2.05, 4.69) is 4.98 Å². The largest absolute Gasteiger partial charge is 0.388 e. The molecule has 1 aliphatic carbocycles. The van der Waals surface area contributed by atoms with Gasteiger partial charge in [-0.15, -0.1) is 0 Å². The quantitative estimate of drug-likeness (QED) is 0.671. The molecule has 1 heterocycles. The van der Waals surface area contributed by atoms with E-state index in [1.807, 2.05) is 30.3 Å². The van der Waals surface area contributed by atoms with E-state index in [9.17, 15) is 14.7 Å². The van der Waals surface area contributed by atoms with Crippen LogP contribution in [0.1, 0.15) is 31.2 Å². The minimum absolute atomic E-state index is 0.139. The monoisotopic (exact) mass is 410 g/mol. The molecule has 150 valence electrons. The second-order valence-electron chi connectivity index (χ2n) is 7.96. The standard InChI is InChI=1S/C23H23ClN2O3/c24-18-7-8-19-20(12-18)25-15-26(22(19)28)14-23(29)11-10-17(13-23)21(27)9-6-16-4-2-1-3-5-16/h1-5,7-8,12,15,17,29H,6,9-11,13-14H2. The van der Waals surface area contributed by atoms with Gasteiger partial charge in [-0.05, 0) is 49.4 Å². The van der Waals surface area contributed by atoms with Gasteiger partial charge in [-0.3, -0.25) is 14.2 Å². The van der Waals surface area contributed by atoms with E-state index in [-0.39, 0.29) is 23.8 Å². The Morgan fingerprint density at radius 1 is 1.24 bits per heavy atom. The summed E-state index contributed by atoms with van der Waals surface area (Å²) in [6.45, 7) is 0.139. The van der Waals surface area contributed by atoms with Crippen LogP contribution in [0.2, 0.25) is 5.02 Å². The maximum absolute atomic E-state index is 12.7. The summed E-state index contributed by atoms with van der Waals surface area (Å²) in [6, 6.07) is 14.9. The van der Waals surface area contributed by atoms with Crippen molar-refractivity contribution >= 4 is 28.3 Å². The second kappa shape index (κ2) is 8.09. The number of aliphatic hydroxyl groups is 1. The molecule has 0 bridgehead atoms. The molecule has 2 atom stereocenters. The van der Waals surface area contributed by atoms with Crippen molar-refractivity contribution in [3.63, 3.8) is 0 Å². The SMILES string of the molecule is O=C(CCc1ccccc1)C1CCC(O)(Cn2cnc3cc(Cl)ccc3c2=O)C1. The molecule has 0 amide bonds. The number of aromatic nitrogens is 2. The number of Topliss-reactive ketones (excluding diaryl/α,β-unsaturated/α-hetero) is 1. The third kappa shape index (κ3) is 4.41. The fourth-order valence-corrected chi connectivity index (χ4v) is 4.37. The van der Waals surface area contributed by atoms with E-state index in [0.717, 1.165) is 5.56 Å². The van der Waals surface area contributed by atoms with Gasteiger partial charge in [0.2, 0.25) is 0 Å². The molecule has 1 fully saturated rings. The molecule has 0 radical (unpaired) electrons. The third-order valence-corrected chi connectivity index (χ3v) is 6.03. The van der Waals surface area contributed by atoms with E-state index in [1.54, 1.807) is 18.2 Å². The van der Waals surface area contributed by atoms with Crippen LogP contribution in [0, 0.1) is 5.92 Å². The van der Waals surface area contributed by atoms with Crippen LogP contribution in [0.3, 0.4) is 0 Å². The number of hydrogen-bond donors (Lipinski definition) is 1. The van der Waals surface area contributed by atoms with Crippen molar-refractivity contribution in [1.29, 1.82) is 0 Å². The zero-order valence-electron chi connectivity index (χ0n) is 16.1. The van der Waals surface area contributed by atoms with Crippen molar-refractivity contribution in [2.24, 2.45) is 5.92 Å². The molecule has 1 aromatic heterocycles. The van der Waals surface area contributed by atoms with Crippen LogP contribution < -0.4 is 5.56 Å². The molecular formula is C23H23ClN2O3. The molecule has 5 nitrogen and oxygen atoms in total. The van der Waals surface area contributed by atoms with Gasteiger partial charge in [-0.25, -0.2) is 4.98 Å². The number of carbonyl (C=O) groups is 1. The minimum atomic E-state index is -1.07. The van der Waals surface area contributed by atoms with Gasteiger partial charge in [0.1, 0.15) is 5.78 Å². The van der Waals surface area contributed by atoms with Gasteiger partial charge in [0, 0.05) is 17.4 Å². The molecule has 6 heteroatoms. The highest BCUT2D eigenvalue weighted by atomic mass is 35.5. The van der Waals surface area contributed by atoms with Gasteiger partial charge < -0.3 is 5.11 Å². The highest BCUT2D eigenvalue weighted by molar-refractivity contribution is 6.31. The van der Waals surface area contributed by atoms with Gasteiger partial charge in [0.25, 0.3) is 5.56 Å². The summed E-state index contributed by atoms with van der Waals surface area (Å²) in [5.74, 6) is 0.0232. The normalized spacial score (nSPS) is 21.5. The minimum Gasteiger partial charge on any atom is -0.388 e. The van der Waals surface area contributed by atoms with Crippen LogP contribution in [0.5, 0.6) is 0 Å². The maximum atomic E-state index is 12.7. The number of nitrogens with zero attached hydrogens (tertiary/aromatic N) is 2. The lowest BCUT2D eigenvalue weighted by molar-refractivity contribution is -0.123. The predicted octanol–water partition coefficient (Wildman–Crippen LogP) is 3.78. The van der Waals surface area contributed by atoms with Crippen molar-refractivity contribution in [3.05, 3.63) is 75.8 Å². The van der Waals surface area contributed by atoms with Gasteiger partial charge in [-0.2, -0.15) is 0 Å². The van der Waals surface area contributed by atoms with Crippen molar-refractivity contribution in [3.8, 4) is 0 Å². The summed E-state index contributed by atoms with van der Waals surface area (Å²) in [4.78, 5) is 29.7. The fourth-order valence-electron chi connectivity index (χ4n) is 4.20. The van der Waals surface area contributed by atoms with Gasteiger partial charge in [0.15, 0.2) is 0 Å². The van der Waals surface area contributed by atoms with Gasteiger partial charge >= 0.3 is 0 Å². The molecule has 0 aliphatic heterocycles. The second-order valence-corrected chi connectivity index (χ2v) is 8.39. The first-order chi connectivity index (χ1) is 13.9. The number of fused-ring (bicyclic) bond motifs is 1. The molecule has 0 spiro atoms. The molecule has 1 aliphatic rings. The molecule has 2 aromatic carbocycles. The number of rotatable bonds is 6. The first-order valence-corrected chi connectivity index (χ1v) is 10.3. The van der Waals surface area contributed by atoms with Crippen LogP contribution in [0.15, 0.2) is 59.7 Å². The van der Waals surface area contributed by atoms with Crippen molar-refractivity contribution in [2.45, 2.75) is 44.2 Å². The summed E-state index contributed by atoms with van der Waals surface area (Å²) in [7, 11) is 0. The van der Waals surface area contributed by atoms with Crippen LogP contribution in [0.4, 0.5) is 0 Å². The fraction of sp³-hybridized carbons (Fsp3) is 0.348. The Bertz CT molecular complexity index is 1100. The molecule has 4 rings (SSSR count). The Balaban J connectivity index is 1.43. The molecule has 1 saturated carbocycles. The first kappa shape index (κ1) is 19.8. The average Bonchev–Trinajstić information content (AvgIpc) is 3.11. The van der Waals surface area contributed by atoms with Gasteiger partial charge in [0.05, 0.1) is 29.4 Å². The Morgan fingerprint density at radius 3 is 2.83 bits per heavy atom. The van der Waals surface area contributed by atoms with E-state index in [0.29, 0.717) is 48.0 Å².